The van der Waals surface area contributed by atoms with Gasteiger partial charge in [0.15, 0.2) is 6.10 Å². The first-order chi connectivity index (χ1) is 32.5. The van der Waals surface area contributed by atoms with Crippen LogP contribution < -0.4 is 0 Å². The molecule has 0 saturated carbocycles. The minimum atomic E-state index is -0.795. The van der Waals surface area contributed by atoms with Gasteiger partial charge in [0, 0.05) is 19.3 Å². The second kappa shape index (κ2) is 53.9. The highest BCUT2D eigenvalue weighted by Crippen LogP contribution is 2.15. The third kappa shape index (κ3) is 51.3. The Morgan fingerprint density at radius 1 is 0.333 bits per heavy atom. The molecule has 66 heavy (non-hydrogen) atoms. The molecule has 1 unspecified atom stereocenters. The minimum absolute atomic E-state index is 0.0910. The number of carbonyl (C=O) groups is 3. The highest BCUT2D eigenvalue weighted by Gasteiger charge is 2.19. The number of esters is 3. The summed E-state index contributed by atoms with van der Waals surface area (Å²) in [5, 5.41) is 0. The molecule has 0 radical (unpaired) electrons. The van der Waals surface area contributed by atoms with Crippen molar-refractivity contribution in [2.45, 2.75) is 252 Å². The van der Waals surface area contributed by atoms with Gasteiger partial charge in [-0.25, -0.2) is 0 Å². The summed E-state index contributed by atoms with van der Waals surface area (Å²) < 4.78 is 16.8. The fraction of sp³-hybridized carbons (Fsp3) is 0.683. The van der Waals surface area contributed by atoms with Gasteiger partial charge in [-0.3, -0.25) is 14.4 Å². The largest absolute Gasteiger partial charge is 0.462 e. The van der Waals surface area contributed by atoms with Crippen LogP contribution >= 0.6 is 0 Å². The van der Waals surface area contributed by atoms with E-state index < -0.39 is 6.10 Å². The molecule has 0 aromatic carbocycles. The van der Waals surface area contributed by atoms with Crippen molar-refractivity contribution in [3.8, 4) is 0 Å². The SMILES string of the molecule is CC\C=C/C=C\C=C/C=C\CCCCCCCC(=O)OC(COC(=O)CCCCCCCC/C=C\C/C=C\C/C=C\C/C=C\CC)COC(=O)CCCCCCCCCCCCCCCC. The Hall–Kier alpha value is -3.67. The van der Waals surface area contributed by atoms with Crippen LogP contribution in [0.15, 0.2) is 97.2 Å². The zero-order valence-electron chi connectivity index (χ0n) is 42.9. The molecule has 1 atom stereocenters. The molecule has 0 aromatic heterocycles. The van der Waals surface area contributed by atoms with Gasteiger partial charge in [0.2, 0.25) is 0 Å². The summed E-state index contributed by atoms with van der Waals surface area (Å²) in [6.07, 6.45) is 71.0. The second-order valence-corrected chi connectivity index (χ2v) is 17.8. The molecule has 0 aliphatic heterocycles. The smallest absolute Gasteiger partial charge is 0.306 e. The summed E-state index contributed by atoms with van der Waals surface area (Å²) in [4.78, 5) is 38.1. The van der Waals surface area contributed by atoms with Gasteiger partial charge < -0.3 is 14.2 Å². The Bertz CT molecular complexity index is 1330. The summed E-state index contributed by atoms with van der Waals surface area (Å²) in [7, 11) is 0. The fourth-order valence-corrected chi connectivity index (χ4v) is 7.39. The van der Waals surface area contributed by atoms with Crippen LogP contribution in [0.25, 0.3) is 0 Å². The third-order valence-corrected chi connectivity index (χ3v) is 11.4. The number of rotatable bonds is 48. The fourth-order valence-electron chi connectivity index (χ4n) is 7.39. The zero-order chi connectivity index (χ0) is 47.9. The van der Waals surface area contributed by atoms with Crippen LogP contribution in [-0.4, -0.2) is 37.2 Å². The van der Waals surface area contributed by atoms with E-state index in [9.17, 15) is 14.4 Å². The summed E-state index contributed by atoms with van der Waals surface area (Å²) >= 11 is 0. The lowest BCUT2D eigenvalue weighted by atomic mass is 10.0. The zero-order valence-corrected chi connectivity index (χ0v) is 42.9. The van der Waals surface area contributed by atoms with Gasteiger partial charge in [0.05, 0.1) is 0 Å². The predicted octanol–water partition coefficient (Wildman–Crippen LogP) is 18.1. The van der Waals surface area contributed by atoms with Gasteiger partial charge in [-0.1, -0.05) is 246 Å². The Kier molecular flexibility index (Phi) is 50.9. The average molecular weight is 917 g/mol. The molecule has 0 bridgehead atoms. The number of carbonyl (C=O) groups excluding carboxylic acids is 3. The van der Waals surface area contributed by atoms with Crippen molar-refractivity contribution in [3.63, 3.8) is 0 Å². The molecular weight excluding hydrogens is 817 g/mol. The number of allylic oxidation sites excluding steroid dienone is 16. The lowest BCUT2D eigenvalue weighted by Gasteiger charge is -2.18. The number of hydrogen-bond donors (Lipinski definition) is 0. The quantitative estimate of drug-likeness (QED) is 0.0199. The predicted molar refractivity (Wildman–Crippen MR) is 284 cm³/mol. The molecule has 376 valence electrons. The molecule has 0 aliphatic rings. The van der Waals surface area contributed by atoms with E-state index >= 15 is 0 Å². The number of ether oxygens (including phenoxy) is 3. The van der Waals surface area contributed by atoms with Crippen molar-refractivity contribution in [3.05, 3.63) is 97.2 Å². The summed E-state index contributed by atoms with van der Waals surface area (Å²) in [6.45, 7) is 6.36. The van der Waals surface area contributed by atoms with E-state index in [1.54, 1.807) is 0 Å². The van der Waals surface area contributed by atoms with Crippen molar-refractivity contribution in [2.24, 2.45) is 0 Å². The Labute approximate surface area is 407 Å². The van der Waals surface area contributed by atoms with Crippen LogP contribution in [0.5, 0.6) is 0 Å². The molecule has 0 rings (SSSR count). The Balaban J connectivity index is 4.44. The van der Waals surface area contributed by atoms with Crippen LogP contribution in [-0.2, 0) is 28.6 Å². The molecular formula is C60H100O6. The first-order valence-electron chi connectivity index (χ1n) is 27.3. The molecule has 0 heterocycles. The second-order valence-electron chi connectivity index (χ2n) is 17.8. The summed E-state index contributed by atoms with van der Waals surface area (Å²) in [5.41, 5.74) is 0. The Morgan fingerprint density at radius 2 is 0.667 bits per heavy atom. The molecule has 0 fully saturated rings. The molecule has 0 N–H and O–H groups in total. The molecule has 6 nitrogen and oxygen atoms in total. The van der Waals surface area contributed by atoms with Crippen molar-refractivity contribution in [2.75, 3.05) is 13.2 Å². The van der Waals surface area contributed by atoms with E-state index in [-0.39, 0.29) is 31.1 Å². The maximum Gasteiger partial charge on any atom is 0.306 e. The van der Waals surface area contributed by atoms with E-state index in [1.807, 2.05) is 18.2 Å². The minimum Gasteiger partial charge on any atom is -0.462 e. The maximum absolute atomic E-state index is 12.8. The lowest BCUT2D eigenvalue weighted by molar-refractivity contribution is -0.167. The summed E-state index contributed by atoms with van der Waals surface area (Å²) in [6, 6.07) is 0. The van der Waals surface area contributed by atoms with Crippen LogP contribution in [0, 0.1) is 0 Å². The highest BCUT2D eigenvalue weighted by molar-refractivity contribution is 5.71. The average Bonchev–Trinajstić information content (AvgIpc) is 3.31. The third-order valence-electron chi connectivity index (χ3n) is 11.4. The maximum atomic E-state index is 12.8. The number of unbranched alkanes of at least 4 members (excludes halogenated alkanes) is 24. The van der Waals surface area contributed by atoms with Gasteiger partial charge in [-0.05, 0) is 77.0 Å². The molecule has 0 saturated heterocycles. The lowest BCUT2D eigenvalue weighted by Crippen LogP contribution is -2.30. The van der Waals surface area contributed by atoms with Gasteiger partial charge in [0.25, 0.3) is 0 Å². The molecule has 0 amide bonds. The van der Waals surface area contributed by atoms with E-state index in [1.165, 1.54) is 83.5 Å². The monoisotopic (exact) mass is 917 g/mol. The Morgan fingerprint density at radius 3 is 1.11 bits per heavy atom. The summed E-state index contributed by atoms with van der Waals surface area (Å²) in [5.74, 6) is -0.927. The van der Waals surface area contributed by atoms with E-state index in [0.29, 0.717) is 19.3 Å². The standard InChI is InChI=1S/C60H100O6/c1-4-7-10-13-16-19-22-25-28-29-30-31-33-35-38-41-44-47-50-53-59(62)65-56-57(55-64-58(61)52-49-46-43-40-37-34-27-24-21-18-15-12-9-6-3)66-60(63)54-51-48-45-42-39-36-32-26-23-20-17-14-11-8-5-2/h7-8,10-11,14,16-17,19-20,23,25-26,28,30-32,57H,4-6,9,12-13,15,18,21-22,24,27,29,33-56H2,1-3H3/b10-7-,11-8-,17-14-,19-16-,23-20-,28-25-,31-30-,32-26-. The highest BCUT2D eigenvalue weighted by atomic mass is 16.6. The normalized spacial score (nSPS) is 12.8. The molecule has 6 heteroatoms. The first-order valence-corrected chi connectivity index (χ1v) is 27.3. The first kappa shape index (κ1) is 62.3. The van der Waals surface area contributed by atoms with Gasteiger partial charge in [0.1, 0.15) is 13.2 Å². The van der Waals surface area contributed by atoms with Crippen LogP contribution in [0.3, 0.4) is 0 Å². The van der Waals surface area contributed by atoms with Gasteiger partial charge >= 0.3 is 17.9 Å². The van der Waals surface area contributed by atoms with Crippen LogP contribution in [0.2, 0.25) is 0 Å². The van der Waals surface area contributed by atoms with Crippen molar-refractivity contribution in [1.29, 1.82) is 0 Å². The van der Waals surface area contributed by atoms with E-state index in [0.717, 1.165) is 122 Å². The molecule has 0 aliphatic carbocycles. The molecule has 0 aromatic rings. The van der Waals surface area contributed by atoms with Crippen molar-refractivity contribution < 1.29 is 28.6 Å². The topological polar surface area (TPSA) is 78.9 Å². The van der Waals surface area contributed by atoms with Crippen LogP contribution in [0.4, 0.5) is 0 Å². The number of hydrogen-bond acceptors (Lipinski definition) is 6. The van der Waals surface area contributed by atoms with E-state index in [2.05, 4.69) is 99.8 Å². The van der Waals surface area contributed by atoms with Gasteiger partial charge in [-0.15, -0.1) is 0 Å². The van der Waals surface area contributed by atoms with Crippen molar-refractivity contribution >= 4 is 17.9 Å². The van der Waals surface area contributed by atoms with Crippen molar-refractivity contribution in [1.82, 2.24) is 0 Å². The van der Waals surface area contributed by atoms with Crippen LogP contribution in [0.1, 0.15) is 245 Å². The van der Waals surface area contributed by atoms with Gasteiger partial charge in [-0.2, -0.15) is 0 Å². The van der Waals surface area contributed by atoms with E-state index in [4.69, 9.17) is 14.2 Å². The molecule has 0 spiro atoms.